The molecule has 0 spiro atoms. The average Bonchev–Trinajstić information content (AvgIpc) is 3.01. The van der Waals surface area contributed by atoms with Crippen LogP contribution in [0.3, 0.4) is 0 Å². The maximum Gasteiger partial charge on any atom is 0.306 e. The van der Waals surface area contributed by atoms with Gasteiger partial charge in [0, 0.05) is 12.8 Å². The lowest BCUT2D eigenvalue weighted by Gasteiger charge is -2.14. The zero-order chi connectivity index (χ0) is 32.2. The summed E-state index contributed by atoms with van der Waals surface area (Å²) >= 11 is 0. The fraction of sp³-hybridized carbons (Fsp3) is 0.500. The summed E-state index contributed by atoms with van der Waals surface area (Å²) in [6, 6.07) is 0. The van der Waals surface area contributed by atoms with Gasteiger partial charge in [-0.05, 0) is 102 Å². The molecular weight excluding hydrogens is 544 g/mol. The van der Waals surface area contributed by atoms with Gasteiger partial charge < -0.3 is 9.84 Å². The van der Waals surface area contributed by atoms with Crippen molar-refractivity contribution in [1.29, 1.82) is 0 Å². The van der Waals surface area contributed by atoms with Crippen LogP contribution in [0, 0.1) is 0 Å². The second kappa shape index (κ2) is 34.1. The molecule has 44 heavy (non-hydrogen) atoms. The molecule has 0 radical (unpaired) electrons. The third-order valence-corrected chi connectivity index (χ3v) is 6.47. The van der Waals surface area contributed by atoms with Crippen LogP contribution in [-0.2, 0) is 14.3 Å². The number of hydrogen-bond donors (Lipinski definition) is 1. The normalized spacial score (nSPS) is 13.7. The Kier molecular flexibility index (Phi) is 31.5. The van der Waals surface area contributed by atoms with Gasteiger partial charge in [-0.3, -0.25) is 9.59 Å². The fourth-order valence-corrected chi connectivity index (χ4v) is 4.06. The van der Waals surface area contributed by atoms with Gasteiger partial charge in [0.2, 0.25) is 0 Å². The number of rotatable bonds is 28. The highest BCUT2D eigenvalue weighted by Crippen LogP contribution is 2.12. The first-order valence-electron chi connectivity index (χ1n) is 16.9. The largest absolute Gasteiger partial charge is 0.481 e. The molecule has 0 fully saturated rings. The number of carboxylic acid groups (broad SMARTS) is 1. The summed E-state index contributed by atoms with van der Waals surface area (Å²) in [4.78, 5) is 23.3. The van der Waals surface area contributed by atoms with Crippen LogP contribution >= 0.6 is 0 Å². The molecule has 0 saturated heterocycles. The predicted octanol–water partition coefficient (Wildman–Crippen LogP) is 11.7. The molecule has 0 bridgehead atoms. The Morgan fingerprint density at radius 2 is 0.932 bits per heavy atom. The first-order valence-corrected chi connectivity index (χ1v) is 16.9. The molecule has 4 heteroatoms. The third-order valence-electron chi connectivity index (χ3n) is 6.47. The van der Waals surface area contributed by atoms with E-state index >= 15 is 0 Å². The lowest BCUT2D eigenvalue weighted by molar-refractivity contribution is -0.147. The number of carbonyl (C=O) groups is 2. The van der Waals surface area contributed by atoms with Crippen molar-refractivity contribution in [3.63, 3.8) is 0 Å². The van der Waals surface area contributed by atoms with Gasteiger partial charge in [-0.15, -0.1) is 0 Å². The highest BCUT2D eigenvalue weighted by Gasteiger charge is 2.11. The molecule has 1 atom stereocenters. The van der Waals surface area contributed by atoms with Gasteiger partial charge in [-0.25, -0.2) is 0 Å². The van der Waals surface area contributed by atoms with E-state index in [1.807, 2.05) is 12.2 Å². The summed E-state index contributed by atoms with van der Waals surface area (Å²) in [5.74, 6) is -0.971. The van der Waals surface area contributed by atoms with E-state index < -0.39 is 5.97 Å². The summed E-state index contributed by atoms with van der Waals surface area (Å²) in [7, 11) is 0. The number of carbonyl (C=O) groups excluding carboxylic acids is 1. The van der Waals surface area contributed by atoms with Crippen LogP contribution in [0.5, 0.6) is 0 Å². The van der Waals surface area contributed by atoms with Gasteiger partial charge in [0.05, 0.1) is 0 Å². The molecule has 4 nitrogen and oxygen atoms in total. The van der Waals surface area contributed by atoms with Crippen LogP contribution in [0.15, 0.2) is 109 Å². The minimum absolute atomic E-state index is 0.142. The van der Waals surface area contributed by atoms with Crippen LogP contribution in [0.4, 0.5) is 0 Å². The summed E-state index contributed by atoms with van der Waals surface area (Å²) in [5, 5.41) is 8.90. The highest BCUT2D eigenvalue weighted by atomic mass is 16.5. The molecule has 0 aliphatic carbocycles. The Balaban J connectivity index is 4.28. The summed E-state index contributed by atoms with van der Waals surface area (Å²) in [6.45, 7) is 4.29. The predicted molar refractivity (Wildman–Crippen MR) is 190 cm³/mol. The van der Waals surface area contributed by atoms with Gasteiger partial charge in [0.1, 0.15) is 6.10 Å². The summed E-state index contributed by atoms with van der Waals surface area (Å²) in [6.07, 6.45) is 52.4. The fourth-order valence-electron chi connectivity index (χ4n) is 4.06. The van der Waals surface area contributed by atoms with Crippen LogP contribution in [0.25, 0.3) is 0 Å². The second-order valence-corrected chi connectivity index (χ2v) is 10.6. The van der Waals surface area contributed by atoms with Crippen molar-refractivity contribution in [1.82, 2.24) is 0 Å². The SMILES string of the molecule is CC/C=C\C/C=C\C/C=C\C/C=C\C/C=C\C(CCCCC(=O)O)OC(=O)CCCC/C=C\C/C=C\C/C=C\C/C=C\CC. The monoisotopic (exact) mass is 604 g/mol. The molecule has 244 valence electrons. The molecular formula is C40H60O4. The molecule has 1 unspecified atom stereocenters. The quantitative estimate of drug-likeness (QED) is 0.0548. The Bertz CT molecular complexity index is 956. The maximum absolute atomic E-state index is 12.5. The smallest absolute Gasteiger partial charge is 0.306 e. The number of unbranched alkanes of at least 4 members (excludes halogenated alkanes) is 3. The van der Waals surface area contributed by atoms with Gasteiger partial charge in [-0.1, -0.05) is 117 Å². The van der Waals surface area contributed by atoms with Crippen LogP contribution < -0.4 is 0 Å². The van der Waals surface area contributed by atoms with Crippen molar-refractivity contribution >= 4 is 11.9 Å². The van der Waals surface area contributed by atoms with Gasteiger partial charge in [-0.2, -0.15) is 0 Å². The lowest BCUT2D eigenvalue weighted by atomic mass is 10.1. The molecule has 0 aliphatic rings. The maximum atomic E-state index is 12.5. The van der Waals surface area contributed by atoms with E-state index in [0.717, 1.165) is 77.0 Å². The number of allylic oxidation sites excluding steroid dienone is 17. The first-order chi connectivity index (χ1) is 21.6. The van der Waals surface area contributed by atoms with Crippen LogP contribution in [0.2, 0.25) is 0 Å². The topological polar surface area (TPSA) is 63.6 Å². The van der Waals surface area contributed by atoms with Crippen LogP contribution in [-0.4, -0.2) is 23.1 Å². The number of esters is 1. The van der Waals surface area contributed by atoms with Crippen molar-refractivity contribution < 1.29 is 19.4 Å². The van der Waals surface area contributed by atoms with E-state index in [0.29, 0.717) is 25.7 Å². The zero-order valence-electron chi connectivity index (χ0n) is 27.7. The molecule has 0 saturated carbocycles. The van der Waals surface area contributed by atoms with E-state index in [1.54, 1.807) is 0 Å². The Labute approximate surface area is 269 Å². The molecule has 0 heterocycles. The molecule has 0 rings (SSSR count). The lowest BCUT2D eigenvalue weighted by Crippen LogP contribution is -2.16. The minimum atomic E-state index is -0.790. The zero-order valence-corrected chi connectivity index (χ0v) is 27.7. The number of carboxylic acids is 1. The number of ether oxygens (including phenoxy) is 1. The molecule has 0 aromatic carbocycles. The van der Waals surface area contributed by atoms with Crippen molar-refractivity contribution in [3.8, 4) is 0 Å². The van der Waals surface area contributed by atoms with Crippen molar-refractivity contribution in [3.05, 3.63) is 109 Å². The summed E-state index contributed by atoms with van der Waals surface area (Å²) in [5.41, 5.74) is 0. The standard InChI is InChI=1S/C40H60O4/c1-3-5-7-9-11-13-15-17-19-21-23-25-27-29-31-37-40(43)44-38(35-32-33-36-39(41)42)34-30-28-26-24-22-20-18-16-14-12-10-8-6-4-2/h5-8,11-14,17-20,23-26,30,34,38H,3-4,9-10,15-16,21-22,27-29,31-33,35-37H2,1-2H3,(H,41,42)/b7-5-,8-6-,13-11-,14-12-,19-17-,20-18-,25-23-,26-24-,34-30-. The van der Waals surface area contributed by atoms with Crippen molar-refractivity contribution in [2.75, 3.05) is 0 Å². The Hall–Kier alpha value is -3.40. The Morgan fingerprint density at radius 3 is 1.39 bits per heavy atom. The molecule has 0 amide bonds. The molecule has 0 aromatic rings. The van der Waals surface area contributed by atoms with E-state index in [2.05, 4.69) is 111 Å². The average molecular weight is 605 g/mol. The first kappa shape index (κ1) is 40.6. The molecule has 0 aliphatic heterocycles. The molecule has 0 aromatic heterocycles. The molecule has 1 N–H and O–H groups in total. The van der Waals surface area contributed by atoms with E-state index in [1.165, 1.54) is 0 Å². The highest BCUT2D eigenvalue weighted by molar-refractivity contribution is 5.69. The minimum Gasteiger partial charge on any atom is -0.481 e. The van der Waals surface area contributed by atoms with Crippen molar-refractivity contribution in [2.45, 2.75) is 129 Å². The van der Waals surface area contributed by atoms with Gasteiger partial charge in [0.15, 0.2) is 0 Å². The van der Waals surface area contributed by atoms with Gasteiger partial charge in [0.25, 0.3) is 0 Å². The second-order valence-electron chi connectivity index (χ2n) is 10.6. The van der Waals surface area contributed by atoms with E-state index in [9.17, 15) is 9.59 Å². The number of hydrogen-bond acceptors (Lipinski definition) is 3. The van der Waals surface area contributed by atoms with E-state index in [-0.39, 0.29) is 18.5 Å². The van der Waals surface area contributed by atoms with Crippen LogP contribution in [0.1, 0.15) is 123 Å². The third kappa shape index (κ3) is 33.1. The van der Waals surface area contributed by atoms with E-state index in [4.69, 9.17) is 9.84 Å². The van der Waals surface area contributed by atoms with Gasteiger partial charge >= 0.3 is 11.9 Å². The number of aliphatic carboxylic acids is 1. The summed E-state index contributed by atoms with van der Waals surface area (Å²) < 4.78 is 5.73. The Morgan fingerprint density at radius 1 is 0.523 bits per heavy atom. The van der Waals surface area contributed by atoms with Crippen molar-refractivity contribution in [2.24, 2.45) is 0 Å².